The molecule has 2 atom stereocenters. The van der Waals surface area contributed by atoms with Crippen LogP contribution in [0.3, 0.4) is 0 Å². The average molecular weight is 298 g/mol. The van der Waals surface area contributed by atoms with E-state index in [1.807, 2.05) is 13.8 Å². The van der Waals surface area contributed by atoms with E-state index in [9.17, 15) is 9.90 Å². The number of likely N-dealkylation sites (N-methyl/N-ethyl adjacent to an activating group) is 1. The highest BCUT2D eigenvalue weighted by Crippen LogP contribution is 2.39. The van der Waals surface area contributed by atoms with Crippen molar-refractivity contribution in [2.45, 2.75) is 50.2 Å². The Morgan fingerprint density at radius 3 is 3.05 bits per heavy atom. The van der Waals surface area contributed by atoms with Gasteiger partial charge in [-0.2, -0.15) is 0 Å². The van der Waals surface area contributed by atoms with E-state index >= 15 is 0 Å². The maximum atomic E-state index is 11.7. The zero-order valence-electron chi connectivity index (χ0n) is 12.0. The fourth-order valence-corrected chi connectivity index (χ4v) is 3.95. The Hall–Kier alpha value is -1.08. The van der Waals surface area contributed by atoms with Crippen LogP contribution in [0.15, 0.2) is 5.16 Å². The van der Waals surface area contributed by atoms with Gasteiger partial charge in [0.2, 0.25) is 5.16 Å². The number of H-pyrrole nitrogens is 1. The van der Waals surface area contributed by atoms with Crippen LogP contribution in [-0.4, -0.2) is 44.1 Å². The number of thioether (sulfide) groups is 1. The molecule has 0 amide bonds. The topological polar surface area (TPSA) is 90.9 Å². The van der Waals surface area contributed by atoms with E-state index in [0.29, 0.717) is 6.54 Å². The highest BCUT2D eigenvalue weighted by atomic mass is 32.2. The fraction of sp³-hybridized carbons (Fsp3) is 0.769. The number of rotatable bonds is 7. The van der Waals surface area contributed by atoms with Crippen LogP contribution in [0.1, 0.15) is 38.4 Å². The molecular weight excluding hydrogens is 276 g/mol. The number of aromatic nitrogens is 3. The van der Waals surface area contributed by atoms with Gasteiger partial charge in [-0.1, -0.05) is 25.1 Å². The molecule has 1 aliphatic carbocycles. The summed E-state index contributed by atoms with van der Waals surface area (Å²) in [5.41, 5.74) is -0.732. The van der Waals surface area contributed by atoms with Gasteiger partial charge in [0.15, 0.2) is 0 Å². The van der Waals surface area contributed by atoms with Crippen LogP contribution in [0, 0.1) is 12.8 Å². The lowest BCUT2D eigenvalue weighted by molar-refractivity contribution is -0.146. The number of nitrogens with one attached hydrogen (secondary N) is 2. The smallest absolute Gasteiger partial charge is 0.324 e. The Bertz CT molecular complexity index is 465. The van der Waals surface area contributed by atoms with Gasteiger partial charge >= 0.3 is 5.97 Å². The molecule has 0 aromatic carbocycles. The Morgan fingerprint density at radius 1 is 1.65 bits per heavy atom. The quantitative estimate of drug-likeness (QED) is 0.665. The fourth-order valence-electron chi connectivity index (χ4n) is 3.05. The average Bonchev–Trinajstić information content (AvgIpc) is 2.98. The number of aliphatic carboxylic acids is 1. The molecule has 0 aliphatic heterocycles. The lowest BCUT2D eigenvalue weighted by Crippen LogP contribution is -2.54. The Balaban J connectivity index is 1.91. The molecule has 1 aromatic heterocycles. The van der Waals surface area contributed by atoms with Gasteiger partial charge in [-0.25, -0.2) is 4.98 Å². The van der Waals surface area contributed by atoms with Crippen LogP contribution in [0.2, 0.25) is 0 Å². The normalized spacial score (nSPS) is 26.0. The lowest BCUT2D eigenvalue weighted by Gasteiger charge is -2.32. The first kappa shape index (κ1) is 15.3. The Labute approximate surface area is 123 Å². The van der Waals surface area contributed by atoms with Crippen LogP contribution in [-0.2, 0) is 4.79 Å². The molecule has 0 bridgehead atoms. The van der Waals surface area contributed by atoms with Gasteiger partial charge in [0.25, 0.3) is 0 Å². The van der Waals surface area contributed by atoms with Gasteiger partial charge in [0.05, 0.1) is 0 Å². The molecule has 1 heterocycles. The van der Waals surface area contributed by atoms with Crippen LogP contribution < -0.4 is 5.32 Å². The number of aryl methyl sites for hydroxylation is 1. The summed E-state index contributed by atoms with van der Waals surface area (Å²) in [6, 6.07) is 0. The molecule has 0 spiro atoms. The molecule has 1 fully saturated rings. The molecule has 20 heavy (non-hydrogen) atoms. The second-order valence-electron chi connectivity index (χ2n) is 5.24. The predicted octanol–water partition coefficient (Wildman–Crippen LogP) is 1.83. The molecular formula is C13H22N4O2S. The minimum absolute atomic E-state index is 0.187. The van der Waals surface area contributed by atoms with Crippen molar-refractivity contribution in [2.24, 2.45) is 5.92 Å². The number of carboxylic acid groups (broad SMARTS) is 1. The van der Waals surface area contributed by atoms with Crippen LogP contribution in [0.25, 0.3) is 0 Å². The van der Waals surface area contributed by atoms with Crippen molar-refractivity contribution in [1.29, 1.82) is 0 Å². The third-order valence-electron chi connectivity index (χ3n) is 3.97. The number of carbonyl (C=O) groups is 1. The molecule has 0 saturated heterocycles. The van der Waals surface area contributed by atoms with E-state index < -0.39 is 11.5 Å². The lowest BCUT2D eigenvalue weighted by atomic mass is 9.85. The second kappa shape index (κ2) is 6.58. The molecule has 3 N–H and O–H groups in total. The van der Waals surface area contributed by atoms with Crippen LogP contribution >= 0.6 is 11.8 Å². The van der Waals surface area contributed by atoms with Gasteiger partial charge in [0.1, 0.15) is 11.4 Å². The maximum Gasteiger partial charge on any atom is 0.324 e. The number of hydrogen-bond donors (Lipinski definition) is 3. The van der Waals surface area contributed by atoms with Gasteiger partial charge in [-0.15, -0.1) is 5.10 Å². The van der Waals surface area contributed by atoms with Crippen molar-refractivity contribution in [1.82, 2.24) is 20.5 Å². The van der Waals surface area contributed by atoms with Crippen molar-refractivity contribution in [2.75, 3.05) is 12.3 Å². The largest absolute Gasteiger partial charge is 0.480 e. The standard InChI is InChI=1S/C13H22N4O2S/c1-3-14-13(11(18)19)7-4-5-10(13)6-8-20-12-15-9(2)16-17-12/h10,14H,3-8H2,1-2H3,(H,18,19)(H,15,16,17). The summed E-state index contributed by atoms with van der Waals surface area (Å²) < 4.78 is 0. The van der Waals surface area contributed by atoms with Gasteiger partial charge in [-0.05, 0) is 38.6 Å². The minimum atomic E-state index is -0.732. The van der Waals surface area contributed by atoms with Gasteiger partial charge in [-0.3, -0.25) is 9.89 Å². The molecule has 2 unspecified atom stereocenters. The summed E-state index contributed by atoms with van der Waals surface area (Å²) in [4.78, 5) is 15.9. The number of hydrogen-bond acceptors (Lipinski definition) is 5. The first-order valence-corrected chi connectivity index (χ1v) is 8.07. The summed E-state index contributed by atoms with van der Waals surface area (Å²) >= 11 is 1.58. The second-order valence-corrected chi connectivity index (χ2v) is 6.30. The maximum absolute atomic E-state index is 11.7. The SMILES string of the molecule is CCNC1(C(=O)O)CCCC1CCSc1n[nH]c(C)n1. The van der Waals surface area contributed by atoms with Crippen LogP contribution in [0.5, 0.6) is 0 Å². The van der Waals surface area contributed by atoms with E-state index in [1.54, 1.807) is 11.8 Å². The molecule has 1 saturated carbocycles. The summed E-state index contributed by atoms with van der Waals surface area (Å²) in [6.07, 6.45) is 3.56. The van der Waals surface area contributed by atoms with Gasteiger partial charge in [0, 0.05) is 5.75 Å². The molecule has 1 aromatic rings. The minimum Gasteiger partial charge on any atom is -0.480 e. The highest BCUT2D eigenvalue weighted by Gasteiger charge is 2.48. The third-order valence-corrected chi connectivity index (χ3v) is 4.85. The summed E-state index contributed by atoms with van der Waals surface area (Å²) in [5.74, 6) is 1.14. The van der Waals surface area contributed by atoms with E-state index in [2.05, 4.69) is 20.5 Å². The summed E-state index contributed by atoms with van der Waals surface area (Å²) in [6.45, 7) is 4.52. The Morgan fingerprint density at radius 2 is 2.45 bits per heavy atom. The molecule has 1 aliphatic rings. The summed E-state index contributed by atoms with van der Waals surface area (Å²) in [5, 5.41) is 20.4. The van der Waals surface area contributed by atoms with E-state index in [1.165, 1.54) is 0 Å². The predicted molar refractivity (Wildman–Crippen MR) is 77.8 cm³/mol. The molecule has 7 heteroatoms. The monoisotopic (exact) mass is 298 g/mol. The molecule has 2 rings (SSSR count). The van der Waals surface area contributed by atoms with Crippen molar-refractivity contribution in [3.05, 3.63) is 5.82 Å². The van der Waals surface area contributed by atoms with E-state index in [-0.39, 0.29) is 5.92 Å². The zero-order chi connectivity index (χ0) is 14.6. The third kappa shape index (κ3) is 3.15. The van der Waals surface area contributed by atoms with Crippen molar-refractivity contribution in [3.63, 3.8) is 0 Å². The molecule has 6 nitrogen and oxygen atoms in total. The number of aromatic amines is 1. The van der Waals surface area contributed by atoms with Gasteiger partial charge < -0.3 is 10.4 Å². The first-order valence-electron chi connectivity index (χ1n) is 7.08. The van der Waals surface area contributed by atoms with E-state index in [4.69, 9.17) is 0 Å². The number of carboxylic acids is 1. The van der Waals surface area contributed by atoms with Crippen molar-refractivity contribution in [3.8, 4) is 0 Å². The Kier molecular flexibility index (Phi) is 5.04. The van der Waals surface area contributed by atoms with Crippen LogP contribution in [0.4, 0.5) is 0 Å². The zero-order valence-corrected chi connectivity index (χ0v) is 12.8. The van der Waals surface area contributed by atoms with Crippen molar-refractivity contribution >= 4 is 17.7 Å². The first-order chi connectivity index (χ1) is 9.58. The van der Waals surface area contributed by atoms with E-state index in [0.717, 1.165) is 42.4 Å². The van der Waals surface area contributed by atoms with Crippen molar-refractivity contribution < 1.29 is 9.90 Å². The molecule has 112 valence electrons. The summed E-state index contributed by atoms with van der Waals surface area (Å²) in [7, 11) is 0. The highest BCUT2D eigenvalue weighted by molar-refractivity contribution is 7.99. The molecule has 0 radical (unpaired) electrons. The number of nitrogens with zero attached hydrogens (tertiary/aromatic N) is 2.